The number of halogens is 1. The Hall–Kier alpha value is -0.620. The average Bonchev–Trinajstić information content (AvgIpc) is 3.13. The number of rotatable bonds is 6. The van der Waals surface area contributed by atoms with Crippen molar-refractivity contribution in [2.24, 2.45) is 17.8 Å². The van der Waals surface area contributed by atoms with Gasteiger partial charge >= 0.3 is 0 Å². The van der Waals surface area contributed by atoms with Crippen molar-refractivity contribution in [3.8, 4) is 0 Å². The molecule has 1 spiro atoms. The molecule has 31 heavy (non-hydrogen) atoms. The molecule has 5 heteroatoms. The number of nitrogens with zero attached hydrogens (tertiary/aromatic N) is 2. The number of hydrogen-bond acceptors (Lipinski definition) is 3. The monoisotopic (exact) mass is 489 g/mol. The Kier molecular flexibility index (Phi) is 4.69. The van der Waals surface area contributed by atoms with E-state index in [1.807, 2.05) is 0 Å². The topological polar surface area (TPSA) is 43.7 Å². The number of unbranched alkanes of at least 4 members (excludes halogenated alkanes) is 3. The molecule has 5 fully saturated rings. The second kappa shape index (κ2) is 6.94. The van der Waals surface area contributed by atoms with Crippen LogP contribution in [0.25, 0.3) is 0 Å². The quantitative estimate of drug-likeness (QED) is 0.459. The van der Waals surface area contributed by atoms with Crippen molar-refractivity contribution < 1.29 is 14.7 Å². The highest BCUT2D eigenvalue weighted by Gasteiger charge is 2.82. The van der Waals surface area contributed by atoms with Gasteiger partial charge < -0.3 is 15.1 Å². The van der Waals surface area contributed by atoms with Crippen molar-refractivity contribution >= 4 is 21.6 Å². The van der Waals surface area contributed by atoms with Crippen LogP contribution in [0.3, 0.4) is 0 Å². The lowest BCUT2D eigenvalue weighted by atomic mass is 9.60. The van der Waals surface area contributed by atoms with Gasteiger partial charge in [-0.25, -0.2) is 0 Å². The summed E-state index contributed by atoms with van der Waals surface area (Å²) in [6.45, 7) is 5.61. The minimum absolute atomic E-state index is 0.171. The second-order valence-electron chi connectivity index (χ2n) is 11.3. The minimum atomic E-state index is -0.298. The fourth-order valence-corrected chi connectivity index (χ4v) is 10.0. The Morgan fingerprint density at radius 2 is 1.97 bits per heavy atom. The SMILES string of the molecule is CCCCCC[N+]12[C@H](O)[C@@H](CC)C3C[C@H]1[C@@H]1N(C)c4ccc(Br)cc4C14C[C@H]2C3[C@H]4O. The maximum atomic E-state index is 12.1. The van der Waals surface area contributed by atoms with Crippen molar-refractivity contribution in [1.82, 2.24) is 0 Å². The van der Waals surface area contributed by atoms with Crippen molar-refractivity contribution in [2.45, 2.75) is 94.7 Å². The van der Waals surface area contributed by atoms with Crippen LogP contribution in [0.15, 0.2) is 22.7 Å². The highest BCUT2D eigenvalue weighted by molar-refractivity contribution is 9.10. The number of likely N-dealkylation sites (N-methyl/N-ethyl adjacent to an activating group) is 1. The van der Waals surface area contributed by atoms with Gasteiger partial charge in [0.15, 0.2) is 6.23 Å². The molecule has 5 bridgehead atoms. The van der Waals surface area contributed by atoms with Gasteiger partial charge in [-0.15, -0.1) is 0 Å². The van der Waals surface area contributed by atoms with Gasteiger partial charge in [-0.05, 0) is 48.9 Å². The molecular weight excluding hydrogens is 452 g/mol. The van der Waals surface area contributed by atoms with Gasteiger partial charge in [0.05, 0.1) is 30.1 Å². The smallest absolute Gasteiger partial charge is 0.194 e. The van der Waals surface area contributed by atoms with Gasteiger partial charge in [-0.2, -0.15) is 0 Å². The summed E-state index contributed by atoms with van der Waals surface area (Å²) in [4.78, 5) is 2.49. The molecule has 0 aromatic heterocycles. The molecule has 1 saturated carbocycles. The number of fused-ring (bicyclic) bond motifs is 2. The molecule has 10 atom stereocenters. The summed E-state index contributed by atoms with van der Waals surface area (Å²) in [6, 6.07) is 7.80. The molecule has 170 valence electrons. The van der Waals surface area contributed by atoms with Crippen LogP contribution in [0.1, 0.15) is 64.4 Å². The molecule has 1 aliphatic carbocycles. The normalized spacial score (nSPS) is 48.4. The van der Waals surface area contributed by atoms with Crippen molar-refractivity contribution in [3.63, 3.8) is 0 Å². The van der Waals surface area contributed by atoms with Crippen molar-refractivity contribution in [3.05, 3.63) is 28.2 Å². The van der Waals surface area contributed by atoms with E-state index in [1.165, 1.54) is 43.4 Å². The molecule has 5 heterocycles. The molecule has 4 unspecified atom stereocenters. The number of quaternary nitrogens is 1. The molecule has 4 saturated heterocycles. The van der Waals surface area contributed by atoms with E-state index in [1.54, 1.807) is 0 Å². The third-order valence-electron chi connectivity index (χ3n) is 10.6. The number of anilines is 1. The molecule has 4 nitrogen and oxygen atoms in total. The summed E-state index contributed by atoms with van der Waals surface area (Å²) in [5, 5.41) is 24.0. The van der Waals surface area contributed by atoms with Crippen molar-refractivity contribution in [2.75, 3.05) is 18.5 Å². The van der Waals surface area contributed by atoms with Gasteiger partial charge in [0.2, 0.25) is 0 Å². The van der Waals surface area contributed by atoms with Crippen LogP contribution >= 0.6 is 15.9 Å². The van der Waals surface area contributed by atoms with E-state index in [9.17, 15) is 10.2 Å². The predicted octanol–water partition coefficient (Wildman–Crippen LogP) is 4.41. The molecule has 0 radical (unpaired) electrons. The lowest BCUT2D eigenvalue weighted by Crippen LogP contribution is -2.83. The highest BCUT2D eigenvalue weighted by atomic mass is 79.9. The molecule has 1 aromatic rings. The van der Waals surface area contributed by atoms with E-state index in [4.69, 9.17) is 0 Å². The van der Waals surface area contributed by atoms with Crippen LogP contribution in [0.4, 0.5) is 5.69 Å². The molecule has 6 aliphatic rings. The van der Waals surface area contributed by atoms with Gasteiger partial charge in [0.25, 0.3) is 0 Å². The summed E-state index contributed by atoms with van der Waals surface area (Å²) in [6.07, 6.45) is 7.66. The fourth-order valence-electron chi connectivity index (χ4n) is 9.67. The summed E-state index contributed by atoms with van der Waals surface area (Å²) in [5.41, 5.74) is 2.48. The summed E-state index contributed by atoms with van der Waals surface area (Å²) in [5.74, 6) is 1.13. The first-order chi connectivity index (χ1) is 14.9. The predicted molar refractivity (Wildman–Crippen MR) is 127 cm³/mol. The maximum Gasteiger partial charge on any atom is 0.194 e. The van der Waals surface area contributed by atoms with Gasteiger partial charge in [-0.1, -0.05) is 42.6 Å². The molecular formula is C26H38BrN2O2+. The van der Waals surface area contributed by atoms with Crippen LogP contribution in [0, 0.1) is 17.8 Å². The maximum absolute atomic E-state index is 12.1. The standard InChI is InChI=1S/C26H38BrN2O2/c1-4-6-7-8-11-29-20-13-17(16(5-2)25(29)31)22-21(29)14-26(24(22)30)18-12-15(27)9-10-19(18)28(3)23(20)26/h9-10,12,16-17,20-25,30-31H,4-8,11,13-14H2,1-3H3/q+1/t16-,17?,20-,21-,22?,23-,24+,25+,26?,29?/m0/s1. The largest absolute Gasteiger partial charge is 0.392 e. The zero-order valence-corrected chi connectivity index (χ0v) is 20.8. The Balaban J connectivity index is 1.51. The molecule has 2 N–H and O–H groups in total. The minimum Gasteiger partial charge on any atom is -0.392 e. The first-order valence-corrected chi connectivity index (χ1v) is 13.5. The number of aliphatic hydroxyl groups is 2. The number of aliphatic hydroxyl groups excluding tert-OH is 2. The Morgan fingerprint density at radius 3 is 2.71 bits per heavy atom. The van der Waals surface area contributed by atoms with Crippen LogP contribution in [0.5, 0.6) is 0 Å². The van der Waals surface area contributed by atoms with E-state index in [0.29, 0.717) is 29.8 Å². The number of benzene rings is 1. The number of hydrogen-bond donors (Lipinski definition) is 2. The first-order valence-electron chi connectivity index (χ1n) is 12.7. The van der Waals surface area contributed by atoms with Crippen LogP contribution in [0.2, 0.25) is 0 Å². The zero-order chi connectivity index (χ0) is 21.7. The molecule has 5 aliphatic heterocycles. The van der Waals surface area contributed by atoms with E-state index < -0.39 is 0 Å². The Morgan fingerprint density at radius 1 is 1.16 bits per heavy atom. The lowest BCUT2D eigenvalue weighted by Gasteiger charge is -2.68. The lowest BCUT2D eigenvalue weighted by molar-refractivity contribution is -1.04. The van der Waals surface area contributed by atoms with Crippen LogP contribution in [-0.2, 0) is 5.41 Å². The van der Waals surface area contributed by atoms with Gasteiger partial charge in [0, 0.05) is 41.9 Å². The van der Waals surface area contributed by atoms with Crippen LogP contribution < -0.4 is 4.90 Å². The molecule has 1 aromatic carbocycles. The van der Waals surface area contributed by atoms with Crippen LogP contribution in [-0.4, -0.2) is 58.7 Å². The highest BCUT2D eigenvalue weighted by Crippen LogP contribution is 2.71. The summed E-state index contributed by atoms with van der Waals surface area (Å²) < 4.78 is 1.99. The van der Waals surface area contributed by atoms with E-state index in [0.717, 1.165) is 28.3 Å². The van der Waals surface area contributed by atoms with E-state index >= 15 is 0 Å². The Bertz CT molecular complexity index is 894. The fraction of sp³-hybridized carbons (Fsp3) is 0.769. The van der Waals surface area contributed by atoms with E-state index in [-0.39, 0.29) is 23.8 Å². The second-order valence-corrected chi connectivity index (χ2v) is 12.2. The van der Waals surface area contributed by atoms with Crippen molar-refractivity contribution in [1.29, 1.82) is 0 Å². The zero-order valence-electron chi connectivity index (χ0n) is 19.2. The summed E-state index contributed by atoms with van der Waals surface area (Å²) >= 11 is 3.72. The number of piperidine rings is 4. The van der Waals surface area contributed by atoms with E-state index in [2.05, 4.69) is 59.9 Å². The first kappa shape index (κ1) is 20.9. The average molecular weight is 491 g/mol. The van der Waals surface area contributed by atoms with Gasteiger partial charge in [-0.3, -0.25) is 4.48 Å². The Labute approximate surface area is 195 Å². The third-order valence-corrected chi connectivity index (χ3v) is 11.1. The molecule has 7 rings (SSSR count). The third kappa shape index (κ3) is 2.28. The van der Waals surface area contributed by atoms with Gasteiger partial charge in [0.1, 0.15) is 6.04 Å². The summed E-state index contributed by atoms with van der Waals surface area (Å²) in [7, 11) is 2.25. The molecule has 0 amide bonds.